The monoisotopic (exact) mass is 262 g/mol. The lowest BCUT2D eigenvalue weighted by Crippen LogP contribution is -2.28. The summed E-state index contributed by atoms with van der Waals surface area (Å²) >= 11 is 0. The van der Waals surface area contributed by atoms with Gasteiger partial charge in [-0.1, -0.05) is 25.2 Å². The molecule has 0 atom stereocenters. The van der Waals surface area contributed by atoms with Crippen molar-refractivity contribution in [1.82, 2.24) is 4.90 Å². The summed E-state index contributed by atoms with van der Waals surface area (Å²) in [5.74, 6) is 4.84. The van der Waals surface area contributed by atoms with Gasteiger partial charge in [0.1, 0.15) is 5.82 Å². The van der Waals surface area contributed by atoms with Gasteiger partial charge in [-0.25, -0.2) is 4.39 Å². The minimum atomic E-state index is -0.408. The first-order chi connectivity index (χ1) is 9.10. The highest BCUT2D eigenvalue weighted by molar-refractivity contribution is 5.96. The Morgan fingerprint density at radius 3 is 2.84 bits per heavy atom. The number of hydrogen-bond acceptors (Lipinski definition) is 2. The molecule has 1 rings (SSSR count). The molecule has 1 amide bonds. The highest BCUT2D eigenvalue weighted by Crippen LogP contribution is 2.13. The fraction of sp³-hybridized carbons (Fsp3) is 0.400. The Balaban J connectivity index is 3.01. The smallest absolute Gasteiger partial charge is 0.254 e. The van der Waals surface area contributed by atoms with Crippen LogP contribution in [0.25, 0.3) is 0 Å². The molecule has 0 radical (unpaired) electrons. The molecule has 0 saturated carbocycles. The number of hydrogen-bond donors (Lipinski definition) is 1. The fourth-order valence-corrected chi connectivity index (χ4v) is 1.66. The lowest BCUT2D eigenvalue weighted by molar-refractivity contribution is 0.0793. The molecule has 0 aliphatic heterocycles. The summed E-state index contributed by atoms with van der Waals surface area (Å²) in [7, 11) is 1.74. The lowest BCUT2D eigenvalue weighted by atomic mass is 10.1. The SMILES string of the molecule is CCCCN(C)C(=O)c1ccc(F)cc1C#CCN. The molecule has 0 heterocycles. The molecule has 1 aromatic carbocycles. The van der Waals surface area contributed by atoms with Gasteiger partial charge in [0.25, 0.3) is 5.91 Å². The van der Waals surface area contributed by atoms with Crippen LogP contribution in [0.15, 0.2) is 18.2 Å². The van der Waals surface area contributed by atoms with Gasteiger partial charge in [-0.15, -0.1) is 0 Å². The maximum absolute atomic E-state index is 13.2. The van der Waals surface area contributed by atoms with E-state index in [-0.39, 0.29) is 12.5 Å². The Labute approximate surface area is 113 Å². The number of unbranched alkanes of at least 4 members (excludes halogenated alkanes) is 1. The summed E-state index contributed by atoms with van der Waals surface area (Å²) in [5, 5.41) is 0. The number of benzene rings is 1. The number of nitrogens with two attached hydrogens (primary N) is 1. The van der Waals surface area contributed by atoms with Gasteiger partial charge >= 0.3 is 0 Å². The minimum Gasteiger partial charge on any atom is -0.342 e. The molecule has 0 unspecified atom stereocenters. The minimum absolute atomic E-state index is 0.144. The van der Waals surface area contributed by atoms with Gasteiger partial charge < -0.3 is 10.6 Å². The number of rotatable bonds is 4. The average molecular weight is 262 g/mol. The van der Waals surface area contributed by atoms with Crippen LogP contribution < -0.4 is 5.73 Å². The van der Waals surface area contributed by atoms with E-state index in [2.05, 4.69) is 18.8 Å². The molecule has 0 bridgehead atoms. The molecular formula is C15H19FN2O. The van der Waals surface area contributed by atoms with Crippen LogP contribution in [0.3, 0.4) is 0 Å². The van der Waals surface area contributed by atoms with Crippen molar-refractivity contribution in [3.63, 3.8) is 0 Å². The van der Waals surface area contributed by atoms with E-state index in [0.29, 0.717) is 17.7 Å². The number of carbonyl (C=O) groups excluding carboxylic acids is 1. The quantitative estimate of drug-likeness (QED) is 0.844. The molecule has 0 fully saturated rings. The fourth-order valence-electron chi connectivity index (χ4n) is 1.66. The molecule has 19 heavy (non-hydrogen) atoms. The van der Waals surface area contributed by atoms with E-state index in [4.69, 9.17) is 5.73 Å². The first-order valence-electron chi connectivity index (χ1n) is 6.34. The largest absolute Gasteiger partial charge is 0.342 e. The summed E-state index contributed by atoms with van der Waals surface area (Å²) < 4.78 is 13.2. The molecular weight excluding hydrogens is 243 g/mol. The average Bonchev–Trinajstić information content (AvgIpc) is 2.41. The number of amides is 1. The van der Waals surface area contributed by atoms with Crippen LogP contribution >= 0.6 is 0 Å². The predicted octanol–water partition coefficient (Wildman–Crippen LogP) is 2.01. The normalized spacial score (nSPS) is 9.68. The zero-order chi connectivity index (χ0) is 14.3. The van der Waals surface area contributed by atoms with E-state index < -0.39 is 5.82 Å². The molecule has 1 aromatic rings. The Bertz CT molecular complexity index is 503. The van der Waals surface area contributed by atoms with E-state index in [1.54, 1.807) is 11.9 Å². The molecule has 2 N–H and O–H groups in total. The first kappa shape index (κ1) is 15.2. The molecule has 0 aliphatic carbocycles. The number of halogens is 1. The molecule has 0 aliphatic rings. The van der Waals surface area contributed by atoms with Crippen LogP contribution in [0, 0.1) is 17.7 Å². The second kappa shape index (κ2) is 7.55. The molecule has 0 aromatic heterocycles. The second-order valence-corrected chi connectivity index (χ2v) is 4.28. The lowest BCUT2D eigenvalue weighted by Gasteiger charge is -2.17. The predicted molar refractivity (Wildman–Crippen MR) is 74.2 cm³/mol. The van der Waals surface area contributed by atoms with E-state index in [9.17, 15) is 9.18 Å². The molecule has 0 spiro atoms. The van der Waals surface area contributed by atoms with E-state index in [0.717, 1.165) is 12.8 Å². The van der Waals surface area contributed by atoms with Gasteiger partial charge in [0.05, 0.1) is 12.1 Å². The summed E-state index contributed by atoms with van der Waals surface area (Å²) in [6.45, 7) is 2.92. The summed E-state index contributed by atoms with van der Waals surface area (Å²) in [6, 6.07) is 4.01. The van der Waals surface area contributed by atoms with Crippen molar-refractivity contribution in [1.29, 1.82) is 0 Å². The van der Waals surface area contributed by atoms with Gasteiger partial charge in [-0.2, -0.15) is 0 Å². The number of carbonyl (C=O) groups is 1. The van der Waals surface area contributed by atoms with Crippen molar-refractivity contribution in [2.24, 2.45) is 5.73 Å². The Morgan fingerprint density at radius 1 is 1.47 bits per heavy atom. The van der Waals surface area contributed by atoms with E-state index >= 15 is 0 Å². The third-order valence-electron chi connectivity index (χ3n) is 2.73. The highest BCUT2D eigenvalue weighted by Gasteiger charge is 2.15. The van der Waals surface area contributed by atoms with Gasteiger partial charge in [0, 0.05) is 19.2 Å². The summed E-state index contributed by atoms with van der Waals surface area (Å²) in [4.78, 5) is 13.9. The van der Waals surface area contributed by atoms with Gasteiger partial charge in [-0.05, 0) is 24.6 Å². The first-order valence-corrected chi connectivity index (χ1v) is 6.34. The number of nitrogens with zero attached hydrogens (tertiary/aromatic N) is 1. The Morgan fingerprint density at radius 2 is 2.21 bits per heavy atom. The van der Waals surface area contributed by atoms with Crippen LogP contribution in [0.2, 0.25) is 0 Å². The van der Waals surface area contributed by atoms with Crippen molar-refractivity contribution >= 4 is 5.91 Å². The third kappa shape index (κ3) is 4.38. The third-order valence-corrected chi connectivity index (χ3v) is 2.73. The van der Waals surface area contributed by atoms with Gasteiger partial charge in [0.2, 0.25) is 0 Å². The zero-order valence-electron chi connectivity index (χ0n) is 11.4. The molecule has 3 nitrogen and oxygen atoms in total. The maximum atomic E-state index is 13.2. The van der Waals surface area contributed by atoms with Crippen LogP contribution in [0.5, 0.6) is 0 Å². The maximum Gasteiger partial charge on any atom is 0.254 e. The van der Waals surface area contributed by atoms with Crippen molar-refractivity contribution in [2.75, 3.05) is 20.1 Å². The van der Waals surface area contributed by atoms with Crippen molar-refractivity contribution in [2.45, 2.75) is 19.8 Å². The van der Waals surface area contributed by atoms with Crippen LogP contribution in [-0.2, 0) is 0 Å². The molecule has 4 heteroatoms. The Hall–Kier alpha value is -1.86. The van der Waals surface area contributed by atoms with Crippen LogP contribution in [-0.4, -0.2) is 30.9 Å². The van der Waals surface area contributed by atoms with E-state index in [1.807, 2.05) is 0 Å². The van der Waals surface area contributed by atoms with Crippen molar-refractivity contribution in [3.8, 4) is 11.8 Å². The van der Waals surface area contributed by atoms with Crippen LogP contribution in [0.4, 0.5) is 4.39 Å². The van der Waals surface area contributed by atoms with Crippen LogP contribution in [0.1, 0.15) is 35.7 Å². The zero-order valence-corrected chi connectivity index (χ0v) is 11.4. The molecule has 102 valence electrons. The standard InChI is InChI=1S/C15H19FN2O/c1-3-4-10-18(2)15(19)14-8-7-13(16)11-12(14)6-5-9-17/h7-8,11H,3-4,9-10,17H2,1-2H3. The highest BCUT2D eigenvalue weighted by atomic mass is 19.1. The van der Waals surface area contributed by atoms with Crippen molar-refractivity contribution in [3.05, 3.63) is 35.1 Å². The van der Waals surface area contributed by atoms with Crippen molar-refractivity contribution < 1.29 is 9.18 Å². The van der Waals surface area contributed by atoms with E-state index in [1.165, 1.54) is 18.2 Å². The topological polar surface area (TPSA) is 46.3 Å². The molecule has 0 saturated heterocycles. The summed E-state index contributed by atoms with van der Waals surface area (Å²) in [6.07, 6.45) is 1.95. The van der Waals surface area contributed by atoms with Gasteiger partial charge in [-0.3, -0.25) is 4.79 Å². The summed E-state index contributed by atoms with van der Waals surface area (Å²) in [5.41, 5.74) is 6.11. The van der Waals surface area contributed by atoms with Gasteiger partial charge in [0.15, 0.2) is 0 Å². The Kier molecular flexibility index (Phi) is 6.04. The second-order valence-electron chi connectivity index (χ2n) is 4.28.